The monoisotopic (exact) mass is 356 g/mol. The van der Waals surface area contributed by atoms with Crippen molar-refractivity contribution in [3.05, 3.63) is 47.8 Å². The number of nitrogens with zero attached hydrogens (tertiary/aromatic N) is 4. The summed E-state index contributed by atoms with van der Waals surface area (Å²) in [5.74, 6) is 0.584. The summed E-state index contributed by atoms with van der Waals surface area (Å²) in [5.41, 5.74) is 1.19. The van der Waals surface area contributed by atoms with E-state index >= 15 is 0 Å². The molecule has 2 amide bonds. The number of aromatic nitrogens is 2. The number of rotatable bonds is 4. The van der Waals surface area contributed by atoms with Crippen molar-refractivity contribution in [2.75, 3.05) is 33.3 Å². The highest BCUT2D eigenvalue weighted by Crippen LogP contribution is 2.16. The molecule has 7 heteroatoms. The molecule has 7 nitrogen and oxygen atoms in total. The second-order valence-electron chi connectivity index (χ2n) is 6.62. The van der Waals surface area contributed by atoms with E-state index in [0.717, 1.165) is 0 Å². The number of ether oxygens (including phenoxy) is 1. The van der Waals surface area contributed by atoms with Crippen molar-refractivity contribution in [3.63, 3.8) is 0 Å². The minimum absolute atomic E-state index is 0.0367. The summed E-state index contributed by atoms with van der Waals surface area (Å²) >= 11 is 0. The van der Waals surface area contributed by atoms with Gasteiger partial charge in [-0.15, -0.1) is 0 Å². The van der Waals surface area contributed by atoms with Gasteiger partial charge in [0.2, 0.25) is 0 Å². The van der Waals surface area contributed by atoms with Crippen LogP contribution < -0.4 is 4.74 Å². The summed E-state index contributed by atoms with van der Waals surface area (Å²) < 4.78 is 6.95. The molecule has 2 aromatic rings. The highest BCUT2D eigenvalue weighted by atomic mass is 16.5. The molecule has 26 heavy (non-hydrogen) atoms. The first-order chi connectivity index (χ1) is 12.5. The number of amides is 2. The fourth-order valence-corrected chi connectivity index (χ4v) is 2.96. The minimum Gasteiger partial charge on any atom is -0.497 e. The standard InChI is InChI=1S/C19H24N4O3/c1-14(2)23-13-16(12-20-23)19(25)22-9-7-21(8-10-22)18(24)15-5-4-6-17(11-15)26-3/h4-6,11-14H,7-10H2,1-3H3. The Bertz CT molecular complexity index is 792. The van der Waals surface area contributed by atoms with E-state index < -0.39 is 0 Å². The van der Waals surface area contributed by atoms with Crippen LogP contribution in [0.4, 0.5) is 0 Å². The summed E-state index contributed by atoms with van der Waals surface area (Å²) in [6.45, 7) is 6.09. The van der Waals surface area contributed by atoms with Crippen LogP contribution in [-0.4, -0.2) is 64.7 Å². The van der Waals surface area contributed by atoms with Gasteiger partial charge in [0.25, 0.3) is 11.8 Å². The van der Waals surface area contributed by atoms with Gasteiger partial charge in [0.05, 0.1) is 18.9 Å². The summed E-state index contributed by atoms with van der Waals surface area (Å²) in [7, 11) is 1.58. The van der Waals surface area contributed by atoms with E-state index in [-0.39, 0.29) is 17.9 Å². The SMILES string of the molecule is COc1cccc(C(=O)N2CCN(C(=O)c3cnn(C(C)C)c3)CC2)c1. The van der Waals surface area contributed by atoms with Crippen molar-refractivity contribution < 1.29 is 14.3 Å². The van der Waals surface area contributed by atoms with Crippen molar-refractivity contribution in [2.24, 2.45) is 0 Å². The molecule has 2 heterocycles. The van der Waals surface area contributed by atoms with Gasteiger partial charge in [-0.05, 0) is 32.0 Å². The van der Waals surface area contributed by atoms with E-state index in [2.05, 4.69) is 5.10 Å². The molecular weight excluding hydrogens is 332 g/mol. The Morgan fingerprint density at radius 3 is 2.19 bits per heavy atom. The third-order valence-electron chi connectivity index (χ3n) is 4.55. The highest BCUT2D eigenvalue weighted by molar-refractivity contribution is 5.96. The zero-order valence-corrected chi connectivity index (χ0v) is 15.4. The number of carbonyl (C=O) groups excluding carboxylic acids is 2. The largest absolute Gasteiger partial charge is 0.497 e. The van der Waals surface area contributed by atoms with Crippen molar-refractivity contribution in [1.29, 1.82) is 0 Å². The second kappa shape index (κ2) is 7.59. The van der Waals surface area contributed by atoms with E-state index in [1.165, 1.54) is 0 Å². The first kappa shape index (κ1) is 18.0. The lowest BCUT2D eigenvalue weighted by Gasteiger charge is -2.34. The Hall–Kier alpha value is -2.83. The first-order valence-corrected chi connectivity index (χ1v) is 8.76. The highest BCUT2D eigenvalue weighted by Gasteiger charge is 2.26. The van der Waals surface area contributed by atoms with Crippen LogP contribution in [0.1, 0.15) is 40.6 Å². The van der Waals surface area contributed by atoms with Gasteiger partial charge >= 0.3 is 0 Å². The lowest BCUT2D eigenvalue weighted by atomic mass is 10.1. The number of methoxy groups -OCH3 is 1. The number of carbonyl (C=O) groups is 2. The third-order valence-corrected chi connectivity index (χ3v) is 4.55. The lowest BCUT2D eigenvalue weighted by Crippen LogP contribution is -2.50. The van der Waals surface area contributed by atoms with Gasteiger partial charge in [-0.1, -0.05) is 6.07 Å². The normalized spacial score (nSPS) is 14.6. The molecule has 1 aromatic carbocycles. The number of hydrogen-bond donors (Lipinski definition) is 0. The molecule has 1 fully saturated rings. The molecule has 0 radical (unpaired) electrons. The van der Waals surface area contributed by atoms with Crippen molar-refractivity contribution in [3.8, 4) is 5.75 Å². The Kier molecular flexibility index (Phi) is 5.25. The maximum Gasteiger partial charge on any atom is 0.257 e. The molecule has 0 bridgehead atoms. The zero-order chi connectivity index (χ0) is 18.7. The van der Waals surface area contributed by atoms with Crippen molar-refractivity contribution >= 4 is 11.8 Å². The zero-order valence-electron chi connectivity index (χ0n) is 15.4. The summed E-state index contributed by atoms with van der Waals surface area (Å²) in [6, 6.07) is 7.35. The molecule has 138 valence electrons. The smallest absolute Gasteiger partial charge is 0.257 e. The van der Waals surface area contributed by atoms with Crippen LogP contribution in [0.3, 0.4) is 0 Å². The average Bonchev–Trinajstić information content (AvgIpc) is 3.17. The fraction of sp³-hybridized carbons (Fsp3) is 0.421. The summed E-state index contributed by atoms with van der Waals surface area (Å²) in [6.07, 6.45) is 3.39. The molecule has 1 aliphatic heterocycles. The molecular formula is C19H24N4O3. The van der Waals surface area contributed by atoms with Gasteiger partial charge in [0.15, 0.2) is 0 Å². The maximum atomic E-state index is 12.6. The van der Waals surface area contributed by atoms with Crippen LogP contribution in [0.25, 0.3) is 0 Å². The Labute approximate surface area is 153 Å². The molecule has 3 rings (SSSR count). The van der Waals surface area contributed by atoms with Crippen LogP contribution in [0.5, 0.6) is 5.75 Å². The van der Waals surface area contributed by atoms with Gasteiger partial charge in [-0.2, -0.15) is 5.10 Å². The number of hydrogen-bond acceptors (Lipinski definition) is 4. The van der Waals surface area contributed by atoms with E-state index in [0.29, 0.717) is 43.1 Å². The Balaban J connectivity index is 1.61. The molecule has 0 unspecified atom stereocenters. The predicted octanol–water partition coefficient (Wildman–Crippen LogP) is 2.07. The summed E-state index contributed by atoms with van der Waals surface area (Å²) in [4.78, 5) is 28.8. The molecule has 0 aliphatic carbocycles. The molecule has 0 N–H and O–H groups in total. The topological polar surface area (TPSA) is 67.7 Å². The van der Waals surface area contributed by atoms with Crippen LogP contribution in [0.15, 0.2) is 36.7 Å². The molecule has 1 saturated heterocycles. The van der Waals surface area contributed by atoms with Crippen LogP contribution in [0, 0.1) is 0 Å². The van der Waals surface area contributed by atoms with E-state index in [9.17, 15) is 9.59 Å². The Morgan fingerprint density at radius 1 is 1.04 bits per heavy atom. The first-order valence-electron chi connectivity index (χ1n) is 8.76. The van der Waals surface area contributed by atoms with Gasteiger partial charge < -0.3 is 14.5 Å². The summed E-state index contributed by atoms with van der Waals surface area (Å²) in [5, 5.41) is 4.22. The third kappa shape index (κ3) is 3.71. The van der Waals surface area contributed by atoms with E-state index in [1.54, 1.807) is 52.2 Å². The molecule has 0 saturated carbocycles. The van der Waals surface area contributed by atoms with Gasteiger partial charge in [-0.3, -0.25) is 14.3 Å². The van der Waals surface area contributed by atoms with Gasteiger partial charge in [-0.25, -0.2) is 0 Å². The fourth-order valence-electron chi connectivity index (χ4n) is 2.96. The number of piperazine rings is 1. The van der Waals surface area contributed by atoms with E-state index in [1.807, 2.05) is 19.9 Å². The van der Waals surface area contributed by atoms with E-state index in [4.69, 9.17) is 4.74 Å². The molecule has 1 aromatic heterocycles. The molecule has 0 spiro atoms. The number of benzene rings is 1. The van der Waals surface area contributed by atoms with Crippen LogP contribution in [0.2, 0.25) is 0 Å². The van der Waals surface area contributed by atoms with Crippen LogP contribution in [-0.2, 0) is 0 Å². The van der Waals surface area contributed by atoms with Gasteiger partial charge in [0.1, 0.15) is 5.75 Å². The van der Waals surface area contributed by atoms with Crippen LogP contribution >= 0.6 is 0 Å². The van der Waals surface area contributed by atoms with Gasteiger partial charge in [0, 0.05) is 44.0 Å². The second-order valence-corrected chi connectivity index (χ2v) is 6.62. The maximum absolute atomic E-state index is 12.6. The average molecular weight is 356 g/mol. The minimum atomic E-state index is -0.0383. The van der Waals surface area contributed by atoms with Crippen molar-refractivity contribution in [2.45, 2.75) is 19.9 Å². The molecule has 1 aliphatic rings. The molecule has 0 atom stereocenters. The van der Waals surface area contributed by atoms with Crippen molar-refractivity contribution in [1.82, 2.24) is 19.6 Å². The lowest BCUT2D eigenvalue weighted by molar-refractivity contribution is 0.0535. The predicted molar refractivity (Wildman–Crippen MR) is 97.4 cm³/mol. The Morgan fingerprint density at radius 2 is 1.65 bits per heavy atom. The quantitative estimate of drug-likeness (QED) is 0.841.